The normalized spacial score (nSPS) is 11.4. The Labute approximate surface area is 173 Å². The third-order valence-electron chi connectivity index (χ3n) is 4.55. The molecule has 0 atom stereocenters. The first-order chi connectivity index (χ1) is 13.9. The van der Waals surface area contributed by atoms with Crippen molar-refractivity contribution in [3.05, 3.63) is 83.1 Å². The predicted octanol–water partition coefficient (Wildman–Crippen LogP) is 5.37. The molecule has 0 N–H and O–H groups in total. The molecule has 0 radical (unpaired) electrons. The maximum Gasteiger partial charge on any atom is 0.311 e. The summed E-state index contributed by atoms with van der Waals surface area (Å²) >= 11 is 0. The second-order valence-electron chi connectivity index (χ2n) is 7.48. The highest BCUT2D eigenvalue weighted by Crippen LogP contribution is 2.16. The number of carbonyl (C=O) groups is 2. The van der Waals surface area contributed by atoms with Gasteiger partial charge in [0.05, 0.1) is 25.7 Å². The van der Waals surface area contributed by atoms with E-state index in [-0.39, 0.29) is 18.8 Å². The molecule has 2 aromatic carbocycles. The number of benzene rings is 2. The van der Waals surface area contributed by atoms with E-state index in [1.165, 1.54) is 17.4 Å². The first-order valence-corrected chi connectivity index (χ1v) is 10.1. The van der Waals surface area contributed by atoms with Crippen molar-refractivity contribution >= 4 is 11.9 Å². The van der Waals surface area contributed by atoms with E-state index < -0.39 is 5.97 Å². The summed E-state index contributed by atoms with van der Waals surface area (Å²) in [5.41, 5.74) is 4.53. The molecule has 4 heteroatoms. The van der Waals surface area contributed by atoms with Crippen LogP contribution in [0, 0.1) is 0 Å². The minimum atomic E-state index is -0.431. The molecule has 2 rings (SSSR count). The van der Waals surface area contributed by atoms with Crippen molar-refractivity contribution in [2.45, 2.75) is 52.4 Å². The molecule has 0 fully saturated rings. The van der Waals surface area contributed by atoms with Crippen molar-refractivity contribution in [3.8, 4) is 0 Å². The van der Waals surface area contributed by atoms with Crippen LogP contribution < -0.4 is 0 Å². The highest BCUT2D eigenvalue weighted by Gasteiger charge is 2.09. The van der Waals surface area contributed by atoms with Gasteiger partial charge in [-0.25, -0.2) is 0 Å². The summed E-state index contributed by atoms with van der Waals surface area (Å²) in [4.78, 5) is 23.6. The fraction of sp³-hybridized carbons (Fsp3) is 0.360. The van der Waals surface area contributed by atoms with Gasteiger partial charge in [0.2, 0.25) is 0 Å². The summed E-state index contributed by atoms with van der Waals surface area (Å²) in [5.74, 6) is -0.310. The molecule has 0 bridgehead atoms. The fourth-order valence-electron chi connectivity index (χ4n) is 2.81. The average molecular weight is 395 g/mol. The largest absolute Gasteiger partial charge is 0.465 e. The quantitative estimate of drug-likeness (QED) is 0.402. The molecule has 0 saturated heterocycles. The van der Waals surface area contributed by atoms with Gasteiger partial charge < -0.3 is 9.47 Å². The molecular weight excluding hydrogens is 364 g/mol. The second kappa shape index (κ2) is 11.8. The molecule has 2 aromatic rings. The van der Waals surface area contributed by atoms with E-state index >= 15 is 0 Å². The van der Waals surface area contributed by atoms with Gasteiger partial charge in [-0.1, -0.05) is 68.4 Å². The van der Waals surface area contributed by atoms with Crippen LogP contribution in [0.4, 0.5) is 0 Å². The van der Waals surface area contributed by atoms with E-state index in [2.05, 4.69) is 38.1 Å². The van der Waals surface area contributed by atoms with E-state index in [9.17, 15) is 9.59 Å². The van der Waals surface area contributed by atoms with Crippen LogP contribution in [0.15, 0.2) is 66.4 Å². The topological polar surface area (TPSA) is 52.6 Å². The minimum absolute atomic E-state index is 0.0109. The second-order valence-corrected chi connectivity index (χ2v) is 7.48. The van der Waals surface area contributed by atoms with E-state index in [1.54, 1.807) is 0 Å². The van der Waals surface area contributed by atoms with Crippen LogP contribution in [0.25, 0.3) is 0 Å². The zero-order chi connectivity index (χ0) is 21.1. The molecule has 154 valence electrons. The maximum atomic E-state index is 11.8. The lowest BCUT2D eigenvalue weighted by molar-refractivity contribution is -0.147. The standard InChI is InChI=1S/C25H30O4/c1-19(2)23-11-9-22(10-12-23)17-20(3)18-29-25(27)14-13-24(26)28-16-15-21-7-5-4-6-8-21/h4-12,18-19H,13-17H2,1-3H3. The zero-order valence-electron chi connectivity index (χ0n) is 17.5. The number of carbonyl (C=O) groups excluding carboxylic acids is 2. The van der Waals surface area contributed by atoms with Gasteiger partial charge in [-0.3, -0.25) is 9.59 Å². The van der Waals surface area contributed by atoms with Crippen LogP contribution >= 0.6 is 0 Å². The molecule has 29 heavy (non-hydrogen) atoms. The Bertz CT molecular complexity index is 804. The van der Waals surface area contributed by atoms with Crippen molar-refractivity contribution in [2.24, 2.45) is 0 Å². The third-order valence-corrected chi connectivity index (χ3v) is 4.55. The minimum Gasteiger partial charge on any atom is -0.465 e. The molecule has 0 unspecified atom stereocenters. The number of hydrogen-bond acceptors (Lipinski definition) is 4. The molecule has 0 aliphatic rings. The first-order valence-electron chi connectivity index (χ1n) is 10.1. The number of ether oxygens (including phenoxy) is 2. The highest BCUT2D eigenvalue weighted by atomic mass is 16.5. The van der Waals surface area contributed by atoms with Crippen LogP contribution in [0.2, 0.25) is 0 Å². The van der Waals surface area contributed by atoms with Crippen molar-refractivity contribution in [3.63, 3.8) is 0 Å². The van der Waals surface area contributed by atoms with Crippen LogP contribution in [0.5, 0.6) is 0 Å². The number of rotatable bonds is 10. The SMILES string of the molecule is CC(=COC(=O)CCC(=O)OCCc1ccccc1)Cc1ccc(C(C)C)cc1. The van der Waals surface area contributed by atoms with E-state index in [1.807, 2.05) is 37.3 Å². The molecule has 0 aliphatic heterocycles. The van der Waals surface area contributed by atoms with E-state index in [4.69, 9.17) is 9.47 Å². The monoisotopic (exact) mass is 394 g/mol. The smallest absolute Gasteiger partial charge is 0.311 e. The van der Waals surface area contributed by atoms with Crippen molar-refractivity contribution in [1.82, 2.24) is 0 Å². The molecular formula is C25H30O4. The first kappa shape index (κ1) is 22.4. The Morgan fingerprint density at radius 1 is 0.897 bits per heavy atom. The van der Waals surface area contributed by atoms with E-state index in [0.717, 1.165) is 11.1 Å². The lowest BCUT2D eigenvalue weighted by Crippen LogP contribution is -2.10. The summed E-state index contributed by atoms with van der Waals surface area (Å²) < 4.78 is 10.3. The Morgan fingerprint density at radius 2 is 1.55 bits per heavy atom. The summed E-state index contributed by atoms with van der Waals surface area (Å²) in [7, 11) is 0. The predicted molar refractivity (Wildman–Crippen MR) is 114 cm³/mol. The third kappa shape index (κ3) is 8.77. The Hall–Kier alpha value is -2.88. The van der Waals surface area contributed by atoms with Crippen molar-refractivity contribution in [2.75, 3.05) is 6.61 Å². The van der Waals surface area contributed by atoms with Gasteiger partial charge in [-0.05, 0) is 41.5 Å². The van der Waals surface area contributed by atoms with Crippen molar-refractivity contribution in [1.29, 1.82) is 0 Å². The zero-order valence-corrected chi connectivity index (χ0v) is 17.5. The van der Waals surface area contributed by atoms with Crippen LogP contribution in [0.3, 0.4) is 0 Å². The summed E-state index contributed by atoms with van der Waals surface area (Å²) in [6, 6.07) is 18.3. The van der Waals surface area contributed by atoms with Gasteiger partial charge in [-0.15, -0.1) is 0 Å². The van der Waals surface area contributed by atoms with Gasteiger partial charge in [0, 0.05) is 6.42 Å². The number of allylic oxidation sites excluding steroid dienone is 1. The molecule has 0 amide bonds. The maximum absolute atomic E-state index is 11.8. The Kier molecular flexibility index (Phi) is 9.16. The highest BCUT2D eigenvalue weighted by molar-refractivity contribution is 5.77. The summed E-state index contributed by atoms with van der Waals surface area (Å²) in [6.45, 7) is 6.56. The lowest BCUT2D eigenvalue weighted by Gasteiger charge is -2.07. The molecule has 0 heterocycles. The molecule has 0 saturated carbocycles. The Balaban J connectivity index is 1.65. The van der Waals surface area contributed by atoms with Gasteiger partial charge in [-0.2, -0.15) is 0 Å². The summed E-state index contributed by atoms with van der Waals surface area (Å²) in [5, 5.41) is 0. The average Bonchev–Trinajstić information content (AvgIpc) is 2.72. The molecule has 4 nitrogen and oxygen atoms in total. The summed E-state index contributed by atoms with van der Waals surface area (Å²) in [6.07, 6.45) is 2.89. The Morgan fingerprint density at radius 3 is 2.21 bits per heavy atom. The van der Waals surface area contributed by atoms with Crippen LogP contribution in [0.1, 0.15) is 56.2 Å². The van der Waals surface area contributed by atoms with Crippen LogP contribution in [-0.4, -0.2) is 18.5 Å². The van der Waals surface area contributed by atoms with Gasteiger partial charge in [0.1, 0.15) is 0 Å². The van der Waals surface area contributed by atoms with Crippen molar-refractivity contribution < 1.29 is 19.1 Å². The van der Waals surface area contributed by atoms with Gasteiger partial charge >= 0.3 is 11.9 Å². The fourth-order valence-corrected chi connectivity index (χ4v) is 2.81. The molecule has 0 aliphatic carbocycles. The number of esters is 2. The molecule has 0 aromatic heterocycles. The van der Waals surface area contributed by atoms with Gasteiger partial charge in [0.25, 0.3) is 0 Å². The van der Waals surface area contributed by atoms with E-state index in [0.29, 0.717) is 25.4 Å². The number of hydrogen-bond donors (Lipinski definition) is 0. The lowest BCUT2D eigenvalue weighted by atomic mass is 9.99. The molecule has 0 spiro atoms. The van der Waals surface area contributed by atoms with Crippen LogP contribution in [-0.2, 0) is 31.9 Å². The van der Waals surface area contributed by atoms with Gasteiger partial charge in [0.15, 0.2) is 0 Å².